The predicted molar refractivity (Wildman–Crippen MR) is 109 cm³/mol. The van der Waals surface area contributed by atoms with Crippen molar-refractivity contribution in [3.63, 3.8) is 0 Å². The van der Waals surface area contributed by atoms with Crippen LogP contribution in [0.25, 0.3) is 0 Å². The molecule has 29 heavy (non-hydrogen) atoms. The highest BCUT2D eigenvalue weighted by Gasteiger charge is 2.30. The molecule has 1 aliphatic heterocycles. The largest absolute Gasteiger partial charge is 0.447 e. The van der Waals surface area contributed by atoms with E-state index in [4.69, 9.17) is 4.74 Å². The molecule has 0 N–H and O–H groups in total. The van der Waals surface area contributed by atoms with Crippen molar-refractivity contribution in [2.24, 2.45) is 0 Å². The van der Waals surface area contributed by atoms with E-state index < -0.39 is 21.9 Å². The van der Waals surface area contributed by atoms with Crippen LogP contribution >= 0.6 is 0 Å². The van der Waals surface area contributed by atoms with Crippen LogP contribution in [0.4, 0.5) is 0 Å². The number of carbonyl (C=O) groups excluding carboxylic acids is 2. The van der Waals surface area contributed by atoms with Crippen LogP contribution in [0.5, 0.6) is 0 Å². The zero-order valence-corrected chi connectivity index (χ0v) is 17.0. The van der Waals surface area contributed by atoms with Gasteiger partial charge in [-0.3, -0.25) is 9.59 Å². The van der Waals surface area contributed by atoms with Gasteiger partial charge in [0.1, 0.15) is 0 Å². The third-order valence-corrected chi connectivity index (χ3v) is 6.65. The highest BCUT2D eigenvalue weighted by molar-refractivity contribution is 7.91. The summed E-state index contributed by atoms with van der Waals surface area (Å²) < 4.78 is 30.3. The number of amides is 1. The smallest absolute Gasteiger partial charge is 0.307 e. The van der Waals surface area contributed by atoms with Gasteiger partial charge in [-0.05, 0) is 31.4 Å². The van der Waals surface area contributed by atoms with Crippen LogP contribution in [-0.4, -0.2) is 44.0 Å². The average molecular weight is 416 g/mol. The van der Waals surface area contributed by atoms with Gasteiger partial charge in [-0.2, -0.15) is 0 Å². The second kappa shape index (κ2) is 9.69. The molecule has 7 heteroatoms. The van der Waals surface area contributed by atoms with Crippen LogP contribution in [0.1, 0.15) is 37.4 Å². The van der Waals surface area contributed by atoms with E-state index >= 15 is 0 Å². The minimum atomic E-state index is -3.59. The number of sulfone groups is 1. The van der Waals surface area contributed by atoms with Gasteiger partial charge in [-0.15, -0.1) is 0 Å². The summed E-state index contributed by atoms with van der Waals surface area (Å²) in [5, 5.41) is 0. The van der Waals surface area contributed by atoms with Gasteiger partial charge in [-0.1, -0.05) is 48.5 Å². The molecule has 0 unspecified atom stereocenters. The summed E-state index contributed by atoms with van der Waals surface area (Å²) in [6.45, 7) is 1.28. The van der Waals surface area contributed by atoms with E-state index in [9.17, 15) is 18.0 Å². The minimum Gasteiger partial charge on any atom is -0.447 e. The molecular weight excluding hydrogens is 390 g/mol. The number of hydrogen-bond donors (Lipinski definition) is 0. The fourth-order valence-electron chi connectivity index (χ4n) is 3.32. The first-order valence-electron chi connectivity index (χ1n) is 9.78. The first kappa shape index (κ1) is 21.0. The quantitative estimate of drug-likeness (QED) is 0.649. The zero-order chi connectivity index (χ0) is 20.7. The Morgan fingerprint density at radius 3 is 2.10 bits per heavy atom. The average Bonchev–Trinajstić information content (AvgIpc) is 2.77. The molecule has 1 aliphatic rings. The van der Waals surface area contributed by atoms with E-state index in [0.29, 0.717) is 18.7 Å². The summed E-state index contributed by atoms with van der Waals surface area (Å²) in [5.41, 5.74) is 0.585. The Morgan fingerprint density at radius 2 is 1.48 bits per heavy atom. The second-order valence-corrected chi connectivity index (χ2v) is 9.16. The summed E-state index contributed by atoms with van der Waals surface area (Å²) in [5.74, 6) is -1.33. The summed E-state index contributed by atoms with van der Waals surface area (Å²) in [4.78, 5) is 27.3. The van der Waals surface area contributed by atoms with Crippen molar-refractivity contribution in [3.05, 3.63) is 66.2 Å². The molecule has 0 bridgehead atoms. The third kappa shape index (κ3) is 5.67. The first-order chi connectivity index (χ1) is 14.0. The van der Waals surface area contributed by atoms with Gasteiger partial charge in [0.2, 0.25) is 6.10 Å². The van der Waals surface area contributed by atoms with Gasteiger partial charge >= 0.3 is 5.97 Å². The van der Waals surface area contributed by atoms with Crippen LogP contribution < -0.4 is 0 Å². The number of likely N-dealkylation sites (tertiary alicyclic amines) is 1. The van der Waals surface area contributed by atoms with Gasteiger partial charge in [0.25, 0.3) is 5.91 Å². The molecule has 0 radical (unpaired) electrons. The van der Waals surface area contributed by atoms with Crippen LogP contribution in [0.15, 0.2) is 65.6 Å². The number of esters is 1. The van der Waals surface area contributed by atoms with E-state index in [1.807, 2.05) is 6.07 Å². The summed E-state index contributed by atoms with van der Waals surface area (Å²) in [6, 6.07) is 16.8. The topological polar surface area (TPSA) is 80.7 Å². The van der Waals surface area contributed by atoms with Crippen molar-refractivity contribution in [2.75, 3.05) is 18.8 Å². The lowest BCUT2D eigenvalue weighted by molar-refractivity contribution is -0.161. The molecule has 1 amide bonds. The molecule has 2 aromatic rings. The van der Waals surface area contributed by atoms with E-state index in [2.05, 4.69) is 0 Å². The standard InChI is InChI=1S/C22H25NO5S/c24-20(14-17-29(26,27)19-12-6-2-7-13-19)28-21(18-10-4-1-5-11-18)22(25)23-15-8-3-9-16-23/h1-2,4-7,10-13,21H,3,8-9,14-17H2/t21-/m1/s1. The second-order valence-electron chi connectivity index (χ2n) is 7.05. The normalized spacial score (nSPS) is 15.5. The molecule has 0 saturated carbocycles. The van der Waals surface area contributed by atoms with Gasteiger partial charge in [0, 0.05) is 18.7 Å². The van der Waals surface area contributed by atoms with Crippen LogP contribution in [0, 0.1) is 0 Å². The molecule has 1 heterocycles. The Labute approximate surface area is 171 Å². The molecule has 2 aromatic carbocycles. The maximum atomic E-state index is 13.0. The zero-order valence-electron chi connectivity index (χ0n) is 16.2. The van der Waals surface area contributed by atoms with Gasteiger partial charge in [0.05, 0.1) is 17.1 Å². The lowest BCUT2D eigenvalue weighted by atomic mass is 10.1. The summed E-state index contributed by atoms with van der Waals surface area (Å²) in [7, 11) is -3.59. The Balaban J connectivity index is 1.69. The number of benzene rings is 2. The molecule has 0 spiro atoms. The number of ether oxygens (including phenoxy) is 1. The van der Waals surface area contributed by atoms with Crippen molar-refractivity contribution >= 4 is 21.7 Å². The molecule has 1 atom stereocenters. The van der Waals surface area contributed by atoms with Crippen molar-refractivity contribution in [1.82, 2.24) is 4.90 Å². The maximum Gasteiger partial charge on any atom is 0.307 e. The Bertz CT molecular complexity index is 922. The highest BCUT2D eigenvalue weighted by atomic mass is 32.2. The van der Waals surface area contributed by atoms with E-state index in [1.54, 1.807) is 47.4 Å². The molecule has 0 aromatic heterocycles. The number of nitrogens with zero attached hydrogens (tertiary/aromatic N) is 1. The monoisotopic (exact) mass is 415 g/mol. The van der Waals surface area contributed by atoms with E-state index in [1.165, 1.54) is 12.1 Å². The van der Waals surface area contributed by atoms with Crippen LogP contribution in [0.3, 0.4) is 0 Å². The number of carbonyl (C=O) groups is 2. The first-order valence-corrected chi connectivity index (χ1v) is 11.4. The lowest BCUT2D eigenvalue weighted by Gasteiger charge is -2.30. The van der Waals surface area contributed by atoms with Crippen molar-refractivity contribution in [1.29, 1.82) is 0 Å². The fourth-order valence-corrected chi connectivity index (χ4v) is 4.57. The SMILES string of the molecule is O=C(CCS(=O)(=O)c1ccccc1)O[C@@H](C(=O)N1CCCCC1)c1ccccc1. The molecule has 0 aliphatic carbocycles. The number of piperidine rings is 1. The van der Waals surface area contributed by atoms with Crippen LogP contribution in [-0.2, 0) is 24.2 Å². The van der Waals surface area contributed by atoms with Gasteiger partial charge in [0.15, 0.2) is 9.84 Å². The van der Waals surface area contributed by atoms with E-state index in [0.717, 1.165) is 19.3 Å². The fraction of sp³-hybridized carbons (Fsp3) is 0.364. The van der Waals surface area contributed by atoms with Crippen LogP contribution in [0.2, 0.25) is 0 Å². The molecule has 154 valence electrons. The molecule has 6 nitrogen and oxygen atoms in total. The molecule has 1 fully saturated rings. The van der Waals surface area contributed by atoms with E-state index in [-0.39, 0.29) is 23.0 Å². The highest BCUT2D eigenvalue weighted by Crippen LogP contribution is 2.23. The van der Waals surface area contributed by atoms with Gasteiger partial charge < -0.3 is 9.64 Å². The maximum absolute atomic E-state index is 13.0. The van der Waals surface area contributed by atoms with Crippen molar-refractivity contribution in [3.8, 4) is 0 Å². The molecule has 3 rings (SSSR count). The minimum absolute atomic E-state index is 0.164. The Kier molecular flexibility index (Phi) is 7.04. The molecular formula is C22H25NO5S. The number of rotatable bonds is 7. The molecule has 1 saturated heterocycles. The van der Waals surface area contributed by atoms with Crippen molar-refractivity contribution in [2.45, 2.75) is 36.7 Å². The predicted octanol–water partition coefficient (Wildman–Crippen LogP) is 3.15. The number of hydrogen-bond acceptors (Lipinski definition) is 5. The third-order valence-electron chi connectivity index (χ3n) is 4.92. The lowest BCUT2D eigenvalue weighted by Crippen LogP contribution is -2.40. The Morgan fingerprint density at radius 1 is 0.897 bits per heavy atom. The van der Waals surface area contributed by atoms with Gasteiger partial charge in [-0.25, -0.2) is 8.42 Å². The summed E-state index contributed by atoms with van der Waals surface area (Å²) >= 11 is 0. The Hall–Kier alpha value is -2.67. The van der Waals surface area contributed by atoms with Crippen molar-refractivity contribution < 1.29 is 22.7 Å². The summed E-state index contributed by atoms with van der Waals surface area (Å²) in [6.07, 6.45) is 1.57.